The van der Waals surface area contributed by atoms with Gasteiger partial charge in [-0.05, 0) is 25.7 Å². The molecule has 0 saturated heterocycles. The first kappa shape index (κ1) is 11.1. The molecule has 1 aliphatic carbocycles. The van der Waals surface area contributed by atoms with E-state index in [2.05, 4.69) is 22.6 Å². The number of carboxylic acid groups (broad SMARTS) is 1. The first-order valence-corrected chi connectivity index (χ1v) is 5.91. The van der Waals surface area contributed by atoms with Gasteiger partial charge in [-0.1, -0.05) is 35.9 Å². The van der Waals surface area contributed by atoms with Crippen LogP contribution in [0.1, 0.15) is 39.0 Å². The zero-order valence-electron chi connectivity index (χ0n) is 7.75. The standard InChI is InChI=1S/C9H15IO3/c1-2-9(13-8(11)12)6-4-3-5-7(9)10/h7H,2-6H2,1H3,(H,11,12). The minimum absolute atomic E-state index is 0.333. The lowest BCUT2D eigenvalue weighted by molar-refractivity contribution is -0.0361. The Morgan fingerprint density at radius 3 is 2.85 bits per heavy atom. The fourth-order valence-corrected chi connectivity index (χ4v) is 3.25. The molecule has 0 spiro atoms. The molecule has 2 unspecified atom stereocenters. The maximum absolute atomic E-state index is 10.6. The van der Waals surface area contributed by atoms with Gasteiger partial charge >= 0.3 is 6.16 Å². The third-order valence-electron chi connectivity index (χ3n) is 2.77. The van der Waals surface area contributed by atoms with Gasteiger partial charge < -0.3 is 9.84 Å². The number of ether oxygens (including phenoxy) is 1. The van der Waals surface area contributed by atoms with Crippen LogP contribution in [0.15, 0.2) is 0 Å². The number of hydrogen-bond donors (Lipinski definition) is 1. The Morgan fingerprint density at radius 2 is 2.38 bits per heavy atom. The van der Waals surface area contributed by atoms with Gasteiger partial charge in [0.25, 0.3) is 0 Å². The van der Waals surface area contributed by atoms with Crippen molar-refractivity contribution in [2.24, 2.45) is 0 Å². The Bertz CT molecular complexity index is 195. The van der Waals surface area contributed by atoms with E-state index in [0.717, 1.165) is 25.7 Å². The highest BCUT2D eigenvalue weighted by molar-refractivity contribution is 14.1. The molecule has 3 nitrogen and oxygen atoms in total. The number of rotatable bonds is 2. The summed E-state index contributed by atoms with van der Waals surface area (Å²) >= 11 is 2.32. The molecule has 2 atom stereocenters. The summed E-state index contributed by atoms with van der Waals surface area (Å²) in [5.74, 6) is 0. The minimum atomic E-state index is -1.13. The van der Waals surface area contributed by atoms with Gasteiger partial charge in [-0.25, -0.2) is 4.79 Å². The van der Waals surface area contributed by atoms with Crippen molar-refractivity contribution in [1.29, 1.82) is 0 Å². The number of hydrogen-bond acceptors (Lipinski definition) is 2. The predicted molar refractivity (Wildman–Crippen MR) is 58.4 cm³/mol. The molecule has 0 aromatic rings. The summed E-state index contributed by atoms with van der Waals surface area (Å²) in [6, 6.07) is 0. The molecular weight excluding hydrogens is 283 g/mol. The molecule has 76 valence electrons. The van der Waals surface area contributed by atoms with Crippen molar-refractivity contribution in [2.75, 3.05) is 0 Å². The highest BCUT2D eigenvalue weighted by Gasteiger charge is 2.41. The highest BCUT2D eigenvalue weighted by Crippen LogP contribution is 2.39. The van der Waals surface area contributed by atoms with E-state index in [9.17, 15) is 4.79 Å². The van der Waals surface area contributed by atoms with Gasteiger partial charge in [0.1, 0.15) is 5.60 Å². The van der Waals surface area contributed by atoms with E-state index in [4.69, 9.17) is 9.84 Å². The fraction of sp³-hybridized carbons (Fsp3) is 0.889. The quantitative estimate of drug-likeness (QED) is 0.484. The molecule has 0 amide bonds. The fourth-order valence-electron chi connectivity index (χ4n) is 1.93. The van der Waals surface area contributed by atoms with Crippen LogP contribution in [-0.2, 0) is 4.74 Å². The van der Waals surface area contributed by atoms with E-state index in [1.54, 1.807) is 0 Å². The van der Waals surface area contributed by atoms with Crippen molar-refractivity contribution < 1.29 is 14.6 Å². The molecular formula is C9H15IO3. The lowest BCUT2D eigenvalue weighted by atomic mass is 9.83. The molecule has 1 rings (SSSR count). The van der Waals surface area contributed by atoms with Crippen LogP contribution in [0.5, 0.6) is 0 Å². The van der Waals surface area contributed by atoms with E-state index in [1.807, 2.05) is 6.92 Å². The first-order valence-electron chi connectivity index (χ1n) is 4.67. The first-order chi connectivity index (χ1) is 6.10. The van der Waals surface area contributed by atoms with E-state index < -0.39 is 11.8 Å². The maximum Gasteiger partial charge on any atom is 0.506 e. The molecule has 0 aromatic carbocycles. The van der Waals surface area contributed by atoms with Crippen LogP contribution in [0.4, 0.5) is 4.79 Å². The molecule has 13 heavy (non-hydrogen) atoms. The Balaban J connectivity index is 2.69. The van der Waals surface area contributed by atoms with Gasteiger partial charge in [0.15, 0.2) is 0 Å². The molecule has 1 saturated carbocycles. The maximum atomic E-state index is 10.6. The second-order valence-corrected chi connectivity index (χ2v) is 5.00. The Kier molecular flexibility index (Phi) is 3.82. The molecule has 1 fully saturated rings. The van der Waals surface area contributed by atoms with Crippen LogP contribution >= 0.6 is 22.6 Å². The molecule has 4 heteroatoms. The summed E-state index contributed by atoms with van der Waals surface area (Å²) in [7, 11) is 0. The highest BCUT2D eigenvalue weighted by atomic mass is 127. The number of carbonyl (C=O) groups is 1. The van der Waals surface area contributed by atoms with Crippen molar-refractivity contribution in [3.8, 4) is 0 Å². The SMILES string of the molecule is CCC1(OC(=O)O)CCCCC1I. The zero-order valence-corrected chi connectivity index (χ0v) is 9.91. The molecule has 1 aliphatic rings. The van der Waals surface area contributed by atoms with Crippen molar-refractivity contribution in [2.45, 2.75) is 48.6 Å². The van der Waals surface area contributed by atoms with Gasteiger partial charge in [0, 0.05) is 0 Å². The summed E-state index contributed by atoms with van der Waals surface area (Å²) in [6.07, 6.45) is 3.88. The monoisotopic (exact) mass is 298 g/mol. The summed E-state index contributed by atoms with van der Waals surface area (Å²) in [5.41, 5.74) is -0.412. The van der Waals surface area contributed by atoms with Crippen LogP contribution in [0, 0.1) is 0 Å². The number of alkyl halides is 1. The average molecular weight is 298 g/mol. The Morgan fingerprint density at radius 1 is 1.69 bits per heavy atom. The normalized spacial score (nSPS) is 34.2. The van der Waals surface area contributed by atoms with Crippen molar-refractivity contribution >= 4 is 28.7 Å². The largest absolute Gasteiger partial charge is 0.506 e. The summed E-state index contributed by atoms with van der Waals surface area (Å²) in [4.78, 5) is 10.6. The lowest BCUT2D eigenvalue weighted by Crippen LogP contribution is -2.44. The summed E-state index contributed by atoms with van der Waals surface area (Å²) in [5, 5.41) is 8.65. The van der Waals surface area contributed by atoms with Crippen molar-refractivity contribution in [3.05, 3.63) is 0 Å². The van der Waals surface area contributed by atoms with E-state index in [1.165, 1.54) is 6.42 Å². The van der Waals surface area contributed by atoms with Crippen molar-refractivity contribution in [3.63, 3.8) is 0 Å². The number of halogens is 1. The van der Waals surface area contributed by atoms with Gasteiger partial charge in [-0.3, -0.25) is 0 Å². The minimum Gasteiger partial charge on any atom is -0.450 e. The second-order valence-electron chi connectivity index (χ2n) is 3.50. The molecule has 0 bridgehead atoms. The molecule has 0 aliphatic heterocycles. The summed E-state index contributed by atoms with van der Waals surface area (Å²) in [6.45, 7) is 2.00. The van der Waals surface area contributed by atoms with Crippen LogP contribution in [0.3, 0.4) is 0 Å². The van der Waals surface area contributed by atoms with Gasteiger partial charge in [-0.2, -0.15) is 0 Å². The van der Waals surface area contributed by atoms with Crippen LogP contribution in [0.2, 0.25) is 0 Å². The topological polar surface area (TPSA) is 46.5 Å². The summed E-state index contributed by atoms with van der Waals surface area (Å²) < 4.78 is 5.38. The average Bonchev–Trinajstić information content (AvgIpc) is 2.08. The van der Waals surface area contributed by atoms with Crippen LogP contribution < -0.4 is 0 Å². The zero-order chi connectivity index (χ0) is 9.90. The van der Waals surface area contributed by atoms with E-state index in [-0.39, 0.29) is 0 Å². The van der Waals surface area contributed by atoms with Crippen LogP contribution in [-0.4, -0.2) is 20.8 Å². The third-order valence-corrected chi connectivity index (χ3v) is 4.53. The lowest BCUT2D eigenvalue weighted by Gasteiger charge is -2.39. The second kappa shape index (κ2) is 4.48. The third kappa shape index (κ3) is 2.48. The van der Waals surface area contributed by atoms with Gasteiger partial charge in [0.05, 0.1) is 3.92 Å². The van der Waals surface area contributed by atoms with Gasteiger partial charge in [-0.15, -0.1) is 0 Å². The Labute approximate surface area is 92.0 Å². The molecule has 0 aromatic heterocycles. The molecule has 1 N–H and O–H groups in total. The Hall–Kier alpha value is 0. The predicted octanol–water partition coefficient (Wildman–Crippen LogP) is 3.21. The van der Waals surface area contributed by atoms with Crippen molar-refractivity contribution in [1.82, 2.24) is 0 Å². The van der Waals surface area contributed by atoms with E-state index >= 15 is 0 Å². The van der Waals surface area contributed by atoms with Gasteiger partial charge in [0.2, 0.25) is 0 Å². The van der Waals surface area contributed by atoms with E-state index in [0.29, 0.717) is 3.92 Å². The smallest absolute Gasteiger partial charge is 0.450 e. The molecule has 0 heterocycles. The molecule has 0 radical (unpaired) electrons. The van der Waals surface area contributed by atoms with Crippen LogP contribution in [0.25, 0.3) is 0 Å².